The van der Waals surface area contributed by atoms with Crippen LogP contribution in [-0.4, -0.2) is 25.7 Å². The molecule has 0 aromatic heterocycles. The van der Waals surface area contributed by atoms with Crippen molar-refractivity contribution in [2.45, 2.75) is 32.6 Å². The van der Waals surface area contributed by atoms with E-state index in [0.29, 0.717) is 17.9 Å². The quantitative estimate of drug-likeness (QED) is 0.664. The van der Waals surface area contributed by atoms with Crippen LogP contribution in [-0.2, 0) is 4.74 Å². The van der Waals surface area contributed by atoms with E-state index < -0.39 is 12.1 Å². The maximum atomic E-state index is 11.8. The average Bonchev–Trinajstić information content (AvgIpc) is 2.60. The van der Waals surface area contributed by atoms with Crippen molar-refractivity contribution in [3.05, 3.63) is 41.5 Å². The first-order valence-corrected chi connectivity index (χ1v) is 7.94. The topological polar surface area (TPSA) is 64.6 Å². The summed E-state index contributed by atoms with van der Waals surface area (Å²) in [5, 5.41) is 2.76. The summed E-state index contributed by atoms with van der Waals surface area (Å²) in [6.45, 7) is 2.74. The maximum absolute atomic E-state index is 11.8. The van der Waals surface area contributed by atoms with Crippen molar-refractivity contribution in [2.24, 2.45) is 5.92 Å². The molecule has 5 nitrogen and oxygen atoms in total. The number of allylic oxidation sites excluding steroid dienone is 1. The second-order valence-corrected chi connectivity index (χ2v) is 5.67. The van der Waals surface area contributed by atoms with Crippen LogP contribution in [0.4, 0.5) is 4.79 Å². The predicted molar refractivity (Wildman–Crippen MR) is 87.5 cm³/mol. The number of nitrogens with one attached hydrogen (secondary N) is 1. The first-order chi connectivity index (χ1) is 11.1. The minimum absolute atomic E-state index is 0.388. The third-order valence-corrected chi connectivity index (χ3v) is 4.14. The highest BCUT2D eigenvalue weighted by Crippen LogP contribution is 2.25. The number of carbonyl (C=O) groups is 2. The molecule has 1 aromatic carbocycles. The Morgan fingerprint density at radius 1 is 1.26 bits per heavy atom. The van der Waals surface area contributed by atoms with Crippen LogP contribution in [0.5, 0.6) is 5.75 Å². The number of carbonyl (C=O) groups excluding carboxylic acids is 2. The SMILES string of the molecule is CCC1CC=C(CNC(=O)Oc2ccc(C(=O)OC)cc2)CC1. The lowest BCUT2D eigenvalue weighted by Crippen LogP contribution is -2.29. The monoisotopic (exact) mass is 317 g/mol. The van der Waals surface area contributed by atoms with Gasteiger partial charge in [-0.25, -0.2) is 9.59 Å². The smallest absolute Gasteiger partial charge is 0.412 e. The first kappa shape index (κ1) is 17.1. The summed E-state index contributed by atoms with van der Waals surface area (Å²) in [4.78, 5) is 23.1. The van der Waals surface area contributed by atoms with Gasteiger partial charge in [-0.3, -0.25) is 0 Å². The van der Waals surface area contributed by atoms with E-state index in [-0.39, 0.29) is 0 Å². The van der Waals surface area contributed by atoms with Crippen molar-refractivity contribution in [3.63, 3.8) is 0 Å². The maximum Gasteiger partial charge on any atom is 0.412 e. The van der Waals surface area contributed by atoms with Gasteiger partial charge in [0, 0.05) is 6.54 Å². The first-order valence-electron chi connectivity index (χ1n) is 7.94. The molecule has 0 aliphatic heterocycles. The third-order valence-electron chi connectivity index (χ3n) is 4.14. The number of ether oxygens (including phenoxy) is 2. The molecule has 0 saturated heterocycles. The number of esters is 1. The molecule has 0 radical (unpaired) electrons. The molecular weight excluding hydrogens is 294 g/mol. The Kier molecular flexibility index (Phi) is 6.20. The molecule has 1 N–H and O–H groups in total. The number of amides is 1. The molecule has 1 atom stereocenters. The van der Waals surface area contributed by atoms with E-state index in [1.54, 1.807) is 24.3 Å². The van der Waals surface area contributed by atoms with Gasteiger partial charge in [-0.15, -0.1) is 0 Å². The molecular formula is C18H23NO4. The highest BCUT2D eigenvalue weighted by Gasteiger charge is 2.13. The molecule has 5 heteroatoms. The fraction of sp³-hybridized carbons (Fsp3) is 0.444. The van der Waals surface area contributed by atoms with Crippen molar-refractivity contribution < 1.29 is 19.1 Å². The van der Waals surface area contributed by atoms with Crippen molar-refractivity contribution in [1.82, 2.24) is 5.32 Å². The Bertz CT molecular complexity index is 577. The zero-order valence-corrected chi connectivity index (χ0v) is 13.6. The van der Waals surface area contributed by atoms with Crippen molar-refractivity contribution in [3.8, 4) is 5.75 Å². The molecule has 124 valence electrons. The summed E-state index contributed by atoms with van der Waals surface area (Å²) in [5.41, 5.74) is 1.67. The molecule has 0 saturated carbocycles. The van der Waals surface area contributed by atoms with E-state index in [1.807, 2.05) is 0 Å². The third kappa shape index (κ3) is 5.13. The summed E-state index contributed by atoms with van der Waals surface area (Å²) in [7, 11) is 1.32. The number of hydrogen-bond donors (Lipinski definition) is 1. The largest absolute Gasteiger partial charge is 0.465 e. The highest BCUT2D eigenvalue weighted by atomic mass is 16.6. The molecule has 0 bridgehead atoms. The summed E-state index contributed by atoms with van der Waals surface area (Å²) in [6.07, 6.45) is 6.26. The van der Waals surface area contributed by atoms with E-state index in [0.717, 1.165) is 18.8 Å². The molecule has 0 fully saturated rings. The highest BCUT2D eigenvalue weighted by molar-refractivity contribution is 5.89. The van der Waals surface area contributed by atoms with Gasteiger partial charge in [0.2, 0.25) is 0 Å². The van der Waals surface area contributed by atoms with Crippen LogP contribution < -0.4 is 10.1 Å². The van der Waals surface area contributed by atoms with Crippen LogP contribution in [0.3, 0.4) is 0 Å². The minimum atomic E-state index is -0.491. The zero-order chi connectivity index (χ0) is 16.7. The number of methoxy groups -OCH3 is 1. The Morgan fingerprint density at radius 3 is 2.57 bits per heavy atom. The Morgan fingerprint density at radius 2 is 2.00 bits per heavy atom. The molecule has 23 heavy (non-hydrogen) atoms. The van der Waals surface area contributed by atoms with Gasteiger partial charge < -0.3 is 14.8 Å². The van der Waals surface area contributed by atoms with E-state index in [4.69, 9.17) is 4.74 Å². The van der Waals surface area contributed by atoms with Gasteiger partial charge >= 0.3 is 12.1 Å². The normalized spacial score (nSPS) is 17.1. The lowest BCUT2D eigenvalue weighted by molar-refractivity contribution is 0.0600. The number of benzene rings is 1. The fourth-order valence-corrected chi connectivity index (χ4v) is 2.58. The molecule has 2 rings (SSSR count). The number of rotatable bonds is 5. The van der Waals surface area contributed by atoms with Crippen molar-refractivity contribution >= 4 is 12.1 Å². The van der Waals surface area contributed by atoms with Gasteiger partial charge in [0.25, 0.3) is 0 Å². The fourth-order valence-electron chi connectivity index (χ4n) is 2.58. The Balaban J connectivity index is 1.79. The Labute approximate surface area is 136 Å². The second kappa shape index (κ2) is 8.36. The van der Waals surface area contributed by atoms with Gasteiger partial charge in [-0.05, 0) is 49.4 Å². The van der Waals surface area contributed by atoms with Gasteiger partial charge in [0.1, 0.15) is 5.75 Å². The summed E-state index contributed by atoms with van der Waals surface area (Å²) in [6, 6.07) is 6.25. The van der Waals surface area contributed by atoms with Crippen LogP contribution in [0, 0.1) is 5.92 Å². The summed E-state index contributed by atoms with van der Waals surface area (Å²) >= 11 is 0. The van der Waals surface area contributed by atoms with Crippen molar-refractivity contribution in [2.75, 3.05) is 13.7 Å². The van der Waals surface area contributed by atoms with E-state index >= 15 is 0 Å². The zero-order valence-electron chi connectivity index (χ0n) is 13.6. The number of hydrogen-bond acceptors (Lipinski definition) is 4. The molecule has 1 aliphatic rings. The van der Waals surface area contributed by atoms with Gasteiger partial charge in [0.15, 0.2) is 0 Å². The Hall–Kier alpha value is -2.30. The molecule has 0 heterocycles. The average molecular weight is 317 g/mol. The van der Waals surface area contributed by atoms with Gasteiger partial charge in [0.05, 0.1) is 12.7 Å². The van der Waals surface area contributed by atoms with Crippen molar-refractivity contribution in [1.29, 1.82) is 0 Å². The standard InChI is InChI=1S/C18H23NO4/c1-3-13-4-6-14(7-5-13)12-19-18(21)23-16-10-8-15(9-11-16)17(20)22-2/h6,8-11,13H,3-5,7,12H2,1-2H3,(H,19,21). The van der Waals surface area contributed by atoms with Crippen LogP contribution in [0.1, 0.15) is 43.0 Å². The second-order valence-electron chi connectivity index (χ2n) is 5.67. The molecule has 1 aromatic rings. The van der Waals surface area contributed by atoms with E-state index in [2.05, 4.69) is 23.1 Å². The van der Waals surface area contributed by atoms with Crippen LogP contribution in [0.25, 0.3) is 0 Å². The van der Waals surface area contributed by atoms with Gasteiger partial charge in [-0.1, -0.05) is 25.0 Å². The summed E-state index contributed by atoms with van der Waals surface area (Å²) < 4.78 is 9.80. The van der Waals surface area contributed by atoms with E-state index in [9.17, 15) is 9.59 Å². The molecule has 1 aliphatic carbocycles. The van der Waals surface area contributed by atoms with Crippen LogP contribution in [0.15, 0.2) is 35.9 Å². The predicted octanol–water partition coefficient (Wildman–Crippen LogP) is 3.70. The lowest BCUT2D eigenvalue weighted by Gasteiger charge is -2.20. The lowest BCUT2D eigenvalue weighted by atomic mass is 9.88. The van der Waals surface area contributed by atoms with Crippen LogP contribution in [0.2, 0.25) is 0 Å². The van der Waals surface area contributed by atoms with E-state index in [1.165, 1.54) is 25.5 Å². The summed E-state index contributed by atoms with van der Waals surface area (Å²) in [5.74, 6) is 0.744. The van der Waals surface area contributed by atoms with Crippen LogP contribution >= 0.6 is 0 Å². The van der Waals surface area contributed by atoms with Gasteiger partial charge in [-0.2, -0.15) is 0 Å². The molecule has 1 unspecified atom stereocenters. The molecule has 0 spiro atoms. The minimum Gasteiger partial charge on any atom is -0.465 e. The molecule has 1 amide bonds.